The van der Waals surface area contributed by atoms with Gasteiger partial charge in [0.05, 0.1) is 23.4 Å². The Kier molecular flexibility index (Phi) is 3.94. The van der Waals surface area contributed by atoms with Crippen molar-refractivity contribution < 1.29 is 0 Å². The van der Waals surface area contributed by atoms with Crippen molar-refractivity contribution in [1.29, 1.82) is 0 Å². The van der Waals surface area contributed by atoms with Gasteiger partial charge in [0.1, 0.15) is 5.82 Å². The van der Waals surface area contributed by atoms with Crippen molar-refractivity contribution in [2.24, 2.45) is 0 Å². The molecule has 0 aliphatic carbocycles. The van der Waals surface area contributed by atoms with Crippen molar-refractivity contribution in [1.82, 2.24) is 30.5 Å². The number of pyridine rings is 1. The summed E-state index contributed by atoms with van der Waals surface area (Å²) in [5.41, 5.74) is 2.80. The second kappa shape index (κ2) is 6.59. The van der Waals surface area contributed by atoms with E-state index in [1.165, 1.54) is 0 Å². The molecule has 136 valence electrons. The van der Waals surface area contributed by atoms with Gasteiger partial charge in [-0.1, -0.05) is 12.1 Å². The molecule has 7 nitrogen and oxygen atoms in total. The molecule has 3 aromatic heterocycles. The average molecular weight is 359 g/mol. The smallest absolute Gasteiger partial charge is 0.159 e. The van der Waals surface area contributed by atoms with E-state index in [9.17, 15) is 0 Å². The molecule has 1 aromatic carbocycles. The Morgan fingerprint density at radius 2 is 1.89 bits per heavy atom. The number of aromatic nitrogens is 5. The van der Waals surface area contributed by atoms with Gasteiger partial charge in [0.25, 0.3) is 0 Å². The molecule has 1 aliphatic rings. The highest BCUT2D eigenvalue weighted by molar-refractivity contribution is 5.85. The van der Waals surface area contributed by atoms with Crippen molar-refractivity contribution in [3.63, 3.8) is 0 Å². The van der Waals surface area contributed by atoms with Crippen LogP contribution in [0.2, 0.25) is 0 Å². The Morgan fingerprint density at radius 3 is 2.78 bits per heavy atom. The van der Waals surface area contributed by atoms with E-state index in [-0.39, 0.29) is 0 Å². The molecule has 1 saturated heterocycles. The molecule has 0 unspecified atom stereocenters. The molecule has 4 aromatic rings. The van der Waals surface area contributed by atoms with Crippen molar-refractivity contribution in [3.05, 3.63) is 42.9 Å². The zero-order valence-electron chi connectivity index (χ0n) is 15.2. The first-order valence-electron chi connectivity index (χ1n) is 9.28. The van der Waals surface area contributed by atoms with Gasteiger partial charge in [-0.2, -0.15) is 5.10 Å². The summed E-state index contributed by atoms with van der Waals surface area (Å²) in [5.74, 6) is 1.67. The van der Waals surface area contributed by atoms with E-state index in [1.54, 1.807) is 0 Å². The summed E-state index contributed by atoms with van der Waals surface area (Å²) >= 11 is 0. The number of rotatable bonds is 3. The second-order valence-electron chi connectivity index (χ2n) is 7.06. The minimum Gasteiger partial charge on any atom is -0.357 e. The van der Waals surface area contributed by atoms with Gasteiger partial charge in [0.15, 0.2) is 5.82 Å². The van der Waals surface area contributed by atoms with Crippen LogP contribution in [0.25, 0.3) is 33.2 Å². The monoisotopic (exact) mass is 359 g/mol. The van der Waals surface area contributed by atoms with Gasteiger partial charge < -0.3 is 10.2 Å². The van der Waals surface area contributed by atoms with Gasteiger partial charge in [0, 0.05) is 35.6 Å². The molecule has 0 radical (unpaired) electrons. The molecular formula is C20H21N7. The Hall–Kier alpha value is -3.06. The number of benzene rings is 1. The van der Waals surface area contributed by atoms with Crippen LogP contribution in [-0.2, 0) is 0 Å². The first-order valence-corrected chi connectivity index (χ1v) is 9.28. The molecular weight excluding hydrogens is 338 g/mol. The highest BCUT2D eigenvalue weighted by atomic mass is 15.2. The number of hydrogen-bond acceptors (Lipinski definition) is 6. The Labute approximate surface area is 156 Å². The first-order chi connectivity index (χ1) is 13.3. The molecule has 0 saturated carbocycles. The largest absolute Gasteiger partial charge is 0.357 e. The zero-order valence-corrected chi connectivity index (χ0v) is 15.2. The summed E-state index contributed by atoms with van der Waals surface area (Å²) in [6.45, 7) is 2.13. The lowest BCUT2D eigenvalue weighted by Gasteiger charge is -2.32. The molecule has 0 bridgehead atoms. The predicted octanol–water partition coefficient (Wildman–Crippen LogP) is 2.76. The lowest BCUT2D eigenvalue weighted by molar-refractivity contribution is 0.442. The Balaban J connectivity index is 1.47. The van der Waals surface area contributed by atoms with E-state index in [1.807, 2.05) is 36.8 Å². The van der Waals surface area contributed by atoms with Crippen molar-refractivity contribution in [3.8, 4) is 11.4 Å². The average Bonchev–Trinajstić information content (AvgIpc) is 3.21. The van der Waals surface area contributed by atoms with Crippen molar-refractivity contribution in [2.75, 3.05) is 25.0 Å². The summed E-state index contributed by atoms with van der Waals surface area (Å²) in [6, 6.07) is 8.68. The number of nitrogens with one attached hydrogen (secondary N) is 2. The maximum Gasteiger partial charge on any atom is 0.159 e. The number of nitrogens with zero attached hydrogens (tertiary/aromatic N) is 5. The molecule has 1 aliphatic heterocycles. The van der Waals surface area contributed by atoms with E-state index in [2.05, 4.69) is 43.5 Å². The summed E-state index contributed by atoms with van der Waals surface area (Å²) in [6.07, 6.45) is 7.83. The summed E-state index contributed by atoms with van der Waals surface area (Å²) < 4.78 is 0. The molecule has 0 spiro atoms. The number of H-pyrrole nitrogens is 1. The molecule has 0 atom stereocenters. The second-order valence-corrected chi connectivity index (χ2v) is 7.06. The fourth-order valence-corrected chi connectivity index (χ4v) is 3.71. The summed E-state index contributed by atoms with van der Waals surface area (Å²) in [7, 11) is 2.12. The molecule has 4 heterocycles. The number of aromatic amines is 1. The normalized spacial score (nSPS) is 15.4. The van der Waals surface area contributed by atoms with Gasteiger partial charge in [-0.25, -0.2) is 15.0 Å². The van der Waals surface area contributed by atoms with Crippen LogP contribution in [0.1, 0.15) is 12.8 Å². The van der Waals surface area contributed by atoms with Crippen LogP contribution in [0.5, 0.6) is 0 Å². The lowest BCUT2D eigenvalue weighted by atomic mass is 10.1. The van der Waals surface area contributed by atoms with Gasteiger partial charge in [-0.05, 0) is 38.1 Å². The van der Waals surface area contributed by atoms with E-state index in [4.69, 9.17) is 4.98 Å². The molecule has 0 amide bonds. The number of anilines is 1. The van der Waals surface area contributed by atoms with Crippen molar-refractivity contribution >= 4 is 27.6 Å². The van der Waals surface area contributed by atoms with Crippen LogP contribution >= 0.6 is 0 Å². The minimum atomic E-state index is 0.525. The highest BCUT2D eigenvalue weighted by Gasteiger charge is 2.19. The molecule has 27 heavy (non-hydrogen) atoms. The maximum absolute atomic E-state index is 4.71. The zero-order chi connectivity index (χ0) is 18.2. The molecule has 7 heteroatoms. The maximum atomic E-state index is 4.71. The van der Waals surface area contributed by atoms with Crippen LogP contribution < -0.4 is 10.2 Å². The Morgan fingerprint density at radius 1 is 1.00 bits per heavy atom. The van der Waals surface area contributed by atoms with E-state index in [0.29, 0.717) is 11.9 Å². The van der Waals surface area contributed by atoms with Gasteiger partial charge in [-0.3, -0.25) is 5.10 Å². The Bertz CT molecular complexity index is 1100. The van der Waals surface area contributed by atoms with Gasteiger partial charge in [-0.15, -0.1) is 0 Å². The number of hydrogen-bond donors (Lipinski definition) is 2. The number of fused-ring (bicyclic) bond motifs is 2. The highest BCUT2D eigenvalue weighted by Crippen LogP contribution is 2.24. The first kappa shape index (κ1) is 16.1. The van der Waals surface area contributed by atoms with Gasteiger partial charge >= 0.3 is 0 Å². The standard InChI is InChI=1S/C20H21N7/c1-27(16-4-6-21-7-5-16)19-9-15-10-23-20(25-18(15)12-22-19)13-2-3-14-11-24-26-17(14)8-13/h2-3,8-12,16,21H,4-7H2,1H3,(H,24,26). The van der Waals surface area contributed by atoms with Crippen LogP contribution in [0, 0.1) is 0 Å². The quantitative estimate of drug-likeness (QED) is 0.585. The third-order valence-corrected chi connectivity index (χ3v) is 5.37. The topological polar surface area (TPSA) is 82.6 Å². The lowest BCUT2D eigenvalue weighted by Crippen LogP contribution is -2.41. The summed E-state index contributed by atoms with van der Waals surface area (Å²) in [4.78, 5) is 16.2. The number of piperidine rings is 1. The predicted molar refractivity (Wildman–Crippen MR) is 107 cm³/mol. The molecule has 5 rings (SSSR count). The fourth-order valence-electron chi connectivity index (χ4n) is 3.71. The van der Waals surface area contributed by atoms with Crippen LogP contribution in [0.4, 0.5) is 5.82 Å². The minimum absolute atomic E-state index is 0.525. The molecule has 1 fully saturated rings. The van der Waals surface area contributed by atoms with E-state index < -0.39 is 0 Å². The SMILES string of the molecule is CN(c1cc2cnc(-c3ccc4cn[nH]c4c3)nc2cn1)C1CCNCC1. The fraction of sp³-hybridized carbons (Fsp3) is 0.300. The van der Waals surface area contributed by atoms with E-state index >= 15 is 0 Å². The van der Waals surface area contributed by atoms with Crippen molar-refractivity contribution in [2.45, 2.75) is 18.9 Å². The van der Waals surface area contributed by atoms with Gasteiger partial charge in [0.2, 0.25) is 0 Å². The molecule has 2 N–H and O–H groups in total. The third kappa shape index (κ3) is 3.00. The third-order valence-electron chi connectivity index (χ3n) is 5.37. The van der Waals surface area contributed by atoms with Crippen LogP contribution in [-0.4, -0.2) is 51.3 Å². The summed E-state index contributed by atoms with van der Waals surface area (Å²) in [5, 5.41) is 12.5. The van der Waals surface area contributed by atoms with Crippen LogP contribution in [0.15, 0.2) is 42.9 Å². The van der Waals surface area contributed by atoms with E-state index in [0.717, 1.165) is 59.1 Å². The van der Waals surface area contributed by atoms with Crippen LogP contribution in [0.3, 0.4) is 0 Å².